The van der Waals surface area contributed by atoms with Crippen molar-refractivity contribution >= 4 is 0 Å². The van der Waals surface area contributed by atoms with Gasteiger partial charge in [-0.3, -0.25) is 0 Å². The van der Waals surface area contributed by atoms with Crippen LogP contribution in [-0.4, -0.2) is 0 Å². The Kier molecular flexibility index (Phi) is 148. The zero-order valence-corrected chi connectivity index (χ0v) is 5.38. The van der Waals surface area contributed by atoms with Gasteiger partial charge in [0.1, 0.15) is 0 Å². The molecule has 0 nitrogen and oxygen atoms in total. The Balaban J connectivity index is 0. The molecule has 0 atom stereocenters. The molecule has 0 aliphatic rings. The molecule has 0 amide bonds. The van der Waals surface area contributed by atoms with E-state index in [9.17, 15) is 0 Å². The summed E-state index contributed by atoms with van der Waals surface area (Å²) in [6.07, 6.45) is 0. The van der Waals surface area contributed by atoms with Gasteiger partial charge in [0.25, 0.3) is 0 Å². The second kappa shape index (κ2) is 18.2. The minimum absolute atomic E-state index is 0. The third-order valence-corrected chi connectivity index (χ3v) is 0. The maximum absolute atomic E-state index is 0. The fourth-order valence-corrected chi connectivity index (χ4v) is 0. The minimum atomic E-state index is 0. The summed E-state index contributed by atoms with van der Waals surface area (Å²) in [6, 6.07) is 0. The number of rotatable bonds is 0. The van der Waals surface area contributed by atoms with E-state index >= 15 is 0 Å². The molecule has 0 saturated heterocycles. The van der Waals surface area contributed by atoms with Gasteiger partial charge in [-0.2, -0.15) is 0 Å². The molecule has 0 unspecified atom stereocenters. The first-order valence-corrected chi connectivity index (χ1v) is 0. The van der Waals surface area contributed by atoms with Crippen LogP contribution in [-0.2, 0) is 0 Å². The summed E-state index contributed by atoms with van der Waals surface area (Å²) in [7, 11) is 0. The van der Waals surface area contributed by atoms with Crippen molar-refractivity contribution in [2.24, 2.45) is 0 Å². The fraction of sp³-hybridized carbons (Fsp3) is 0. The average Bonchev–Trinajstić information content (AvgIpc) is 0. The topological polar surface area (TPSA) is 0 Å². The molecule has 0 radical (unpaired) electrons. The van der Waals surface area contributed by atoms with Gasteiger partial charge in [-0.15, -0.1) is 0 Å². The van der Waals surface area contributed by atoms with Crippen molar-refractivity contribution in [3.8, 4) is 0 Å². The van der Waals surface area contributed by atoms with Crippen molar-refractivity contribution in [3.63, 3.8) is 0 Å². The van der Waals surface area contributed by atoms with E-state index in [2.05, 4.69) is 0 Å². The van der Waals surface area contributed by atoms with Gasteiger partial charge in [0, 0.05) is 0 Å². The van der Waals surface area contributed by atoms with Crippen molar-refractivity contribution in [2.75, 3.05) is 0 Å². The van der Waals surface area contributed by atoms with Crippen molar-refractivity contribution in [3.05, 3.63) is 0 Å². The van der Waals surface area contributed by atoms with E-state index in [4.69, 9.17) is 0 Å². The molecule has 0 aromatic rings. The van der Waals surface area contributed by atoms with Gasteiger partial charge in [-0.05, 0) is 0 Å². The molecule has 0 rings (SSSR count). The van der Waals surface area contributed by atoms with Crippen LogP contribution in [0.1, 0.15) is 0 Å². The smallest absolute Gasteiger partial charge is 1.00 e. The molecule has 0 aromatic heterocycles. The molecule has 0 fully saturated rings. The van der Waals surface area contributed by atoms with Crippen molar-refractivity contribution < 1.29 is 84.1 Å². The van der Waals surface area contributed by atoms with Crippen LogP contribution in [0.5, 0.6) is 0 Å². The second-order valence-corrected chi connectivity index (χ2v) is 0. The van der Waals surface area contributed by atoms with Crippen LogP contribution in [0.15, 0.2) is 0 Å². The second-order valence-electron chi connectivity index (χ2n) is 0. The molecule has 36 valence electrons. The third-order valence-electron chi connectivity index (χ3n) is 0. The largest absolute Gasteiger partial charge is 2.00 e. The summed E-state index contributed by atoms with van der Waals surface area (Å²) in [6.45, 7) is 0. The Labute approximate surface area is 82.6 Å². The van der Waals surface area contributed by atoms with Gasteiger partial charge in [0.2, 0.25) is 0 Å². The monoisotopic (exact) mass is 279 g/mol. The van der Waals surface area contributed by atoms with Crippen LogP contribution in [0.2, 0.25) is 0 Å². The maximum Gasteiger partial charge on any atom is 2.00 e. The van der Waals surface area contributed by atoms with E-state index in [1.54, 1.807) is 0 Å². The van der Waals surface area contributed by atoms with Crippen molar-refractivity contribution in [1.29, 1.82) is 0 Å². The molecule has 0 aromatic carbocycles. The summed E-state index contributed by atoms with van der Waals surface area (Å²) in [5, 5.41) is 0. The molecule has 0 spiro atoms. The molecular formula is Cl3Yb-. The van der Waals surface area contributed by atoms with Gasteiger partial charge >= 0.3 is 46.9 Å². The molecule has 4 heteroatoms. The third kappa shape index (κ3) is 8.83. The summed E-state index contributed by atoms with van der Waals surface area (Å²) in [5.41, 5.74) is 0. The Morgan fingerprint density at radius 3 is 0.500 bits per heavy atom. The molecule has 0 aliphatic carbocycles. The quantitative estimate of drug-likeness (QED) is 0.413. The zero-order valence-electron chi connectivity index (χ0n) is 1.40. The first-order valence-electron chi connectivity index (χ1n) is 0. The van der Waals surface area contributed by atoms with Gasteiger partial charge in [0.05, 0.1) is 0 Å². The summed E-state index contributed by atoms with van der Waals surface area (Å²) >= 11 is 0. The predicted octanol–water partition coefficient (Wildman–Crippen LogP) is -8.99. The number of hydrogen-bond donors (Lipinski definition) is 0. The normalized spacial score (nSPS) is 0. The van der Waals surface area contributed by atoms with Gasteiger partial charge in [-0.1, -0.05) is 0 Å². The van der Waals surface area contributed by atoms with Crippen LogP contribution in [0.25, 0.3) is 0 Å². The fourth-order valence-electron chi connectivity index (χ4n) is 0. The first-order chi connectivity index (χ1) is 0. The maximum atomic E-state index is 0. The van der Waals surface area contributed by atoms with Gasteiger partial charge in [-0.25, -0.2) is 0 Å². The number of hydrogen-bond acceptors (Lipinski definition) is 0. The zero-order chi connectivity index (χ0) is 0. The van der Waals surface area contributed by atoms with Crippen LogP contribution in [0, 0.1) is 46.9 Å². The minimum Gasteiger partial charge on any atom is -1.00 e. The summed E-state index contributed by atoms with van der Waals surface area (Å²) in [4.78, 5) is 0. The summed E-state index contributed by atoms with van der Waals surface area (Å²) in [5.74, 6) is 0. The Bertz CT molecular complexity index is 3.25. The predicted molar refractivity (Wildman–Crippen MR) is 0 cm³/mol. The molecule has 0 N–H and O–H groups in total. The van der Waals surface area contributed by atoms with Crippen molar-refractivity contribution in [2.45, 2.75) is 0 Å². The molecule has 0 bridgehead atoms. The van der Waals surface area contributed by atoms with E-state index in [-0.39, 0.29) is 84.1 Å². The molecule has 0 aliphatic heterocycles. The Morgan fingerprint density at radius 1 is 0.500 bits per heavy atom. The van der Waals surface area contributed by atoms with Crippen LogP contribution >= 0.6 is 0 Å². The molecule has 4 heavy (non-hydrogen) atoms. The first kappa shape index (κ1) is 32.5. The van der Waals surface area contributed by atoms with Crippen LogP contribution in [0.3, 0.4) is 0 Å². The van der Waals surface area contributed by atoms with E-state index in [1.165, 1.54) is 0 Å². The van der Waals surface area contributed by atoms with Crippen LogP contribution in [0.4, 0.5) is 0 Å². The van der Waals surface area contributed by atoms with Gasteiger partial charge < -0.3 is 37.2 Å². The summed E-state index contributed by atoms with van der Waals surface area (Å²) < 4.78 is 0. The van der Waals surface area contributed by atoms with E-state index in [0.717, 1.165) is 0 Å². The Morgan fingerprint density at radius 2 is 0.500 bits per heavy atom. The van der Waals surface area contributed by atoms with Gasteiger partial charge in [0.15, 0.2) is 0 Å². The van der Waals surface area contributed by atoms with E-state index in [1.807, 2.05) is 0 Å². The van der Waals surface area contributed by atoms with E-state index < -0.39 is 0 Å². The van der Waals surface area contributed by atoms with E-state index in [0.29, 0.717) is 0 Å². The molecular weight excluding hydrogens is 279 g/mol. The van der Waals surface area contributed by atoms with Crippen LogP contribution < -0.4 is 37.2 Å². The standard InChI is InChI=1S/3ClH.Yb/h3*1H;/q;;;+2/p-3. The van der Waals surface area contributed by atoms with Crippen molar-refractivity contribution in [1.82, 2.24) is 0 Å². The number of halogens is 3. The SMILES string of the molecule is [Cl-].[Cl-].[Cl-].[Yb+2]. The Hall–Kier alpha value is 2.39. The average molecular weight is 279 g/mol. The molecule has 0 saturated carbocycles. The molecule has 0 heterocycles.